The lowest BCUT2D eigenvalue weighted by molar-refractivity contribution is 0.100. The van der Waals surface area contributed by atoms with Crippen molar-refractivity contribution in [3.63, 3.8) is 0 Å². The number of ether oxygens (including phenoxy) is 1. The second-order valence-electron chi connectivity index (χ2n) is 5.30. The molecular formula is C19H22O4. The number of rotatable bonds is 3. The molecule has 0 fully saturated rings. The number of aryl methyl sites for hydroxylation is 2. The van der Waals surface area contributed by atoms with Crippen LogP contribution >= 0.6 is 0 Å². The number of hydrogen-bond acceptors (Lipinski definition) is 4. The van der Waals surface area contributed by atoms with Gasteiger partial charge in [-0.3, -0.25) is 9.59 Å². The predicted octanol–water partition coefficient (Wildman–Crippen LogP) is 4.11. The monoisotopic (exact) mass is 314 g/mol. The Balaban J connectivity index is 0.000000231. The van der Waals surface area contributed by atoms with Gasteiger partial charge in [0, 0.05) is 11.1 Å². The fourth-order valence-corrected chi connectivity index (χ4v) is 1.97. The zero-order valence-corrected chi connectivity index (χ0v) is 14.1. The number of hydrogen-bond donors (Lipinski definition) is 1. The highest BCUT2D eigenvalue weighted by Crippen LogP contribution is 2.18. The minimum absolute atomic E-state index is 0.0214. The molecule has 0 spiro atoms. The van der Waals surface area contributed by atoms with Gasteiger partial charge in [0.25, 0.3) is 0 Å². The molecule has 0 atom stereocenters. The first-order valence-corrected chi connectivity index (χ1v) is 7.22. The Hall–Kier alpha value is -2.62. The molecule has 4 heteroatoms. The Morgan fingerprint density at radius 1 is 0.870 bits per heavy atom. The molecule has 0 aliphatic rings. The average Bonchev–Trinajstić information content (AvgIpc) is 2.50. The Kier molecular flexibility index (Phi) is 6.51. The van der Waals surface area contributed by atoms with E-state index in [1.807, 2.05) is 19.1 Å². The lowest BCUT2D eigenvalue weighted by Gasteiger charge is -2.04. The first-order valence-electron chi connectivity index (χ1n) is 7.22. The second kappa shape index (κ2) is 8.13. The van der Waals surface area contributed by atoms with Crippen LogP contribution in [0.1, 0.15) is 45.7 Å². The van der Waals surface area contributed by atoms with Crippen LogP contribution in [0, 0.1) is 13.8 Å². The lowest BCUT2D eigenvalue weighted by atomic mass is 10.1. The number of ketones is 2. The SMILES string of the molecule is CC(=O)c1ccc(O)c(C)c1.COc1ccc(C(C)=O)cc1C. The van der Waals surface area contributed by atoms with Crippen molar-refractivity contribution in [3.8, 4) is 11.5 Å². The average molecular weight is 314 g/mol. The minimum atomic E-state index is 0.0214. The van der Waals surface area contributed by atoms with E-state index in [4.69, 9.17) is 9.84 Å². The van der Waals surface area contributed by atoms with Crippen molar-refractivity contribution in [2.45, 2.75) is 27.7 Å². The zero-order valence-electron chi connectivity index (χ0n) is 14.1. The van der Waals surface area contributed by atoms with E-state index in [0.29, 0.717) is 5.56 Å². The highest BCUT2D eigenvalue weighted by atomic mass is 16.5. The molecule has 0 aromatic heterocycles. The Morgan fingerprint density at radius 3 is 1.74 bits per heavy atom. The van der Waals surface area contributed by atoms with E-state index in [9.17, 15) is 9.59 Å². The molecular weight excluding hydrogens is 292 g/mol. The number of phenols is 1. The minimum Gasteiger partial charge on any atom is -0.508 e. The number of benzene rings is 2. The molecule has 1 N–H and O–H groups in total. The van der Waals surface area contributed by atoms with Crippen molar-refractivity contribution in [1.29, 1.82) is 0 Å². The summed E-state index contributed by atoms with van der Waals surface area (Å²) in [6, 6.07) is 10.2. The molecule has 0 radical (unpaired) electrons. The maximum absolute atomic E-state index is 11.0. The zero-order chi connectivity index (χ0) is 17.6. The van der Waals surface area contributed by atoms with Crippen molar-refractivity contribution in [2.24, 2.45) is 0 Å². The lowest BCUT2D eigenvalue weighted by Crippen LogP contribution is -1.94. The molecule has 0 bridgehead atoms. The molecule has 122 valence electrons. The van der Waals surface area contributed by atoms with Gasteiger partial charge >= 0.3 is 0 Å². The quantitative estimate of drug-likeness (QED) is 0.866. The number of carbonyl (C=O) groups excluding carboxylic acids is 2. The smallest absolute Gasteiger partial charge is 0.159 e. The van der Waals surface area contributed by atoms with Crippen LogP contribution in [-0.2, 0) is 0 Å². The molecule has 2 rings (SSSR count). The van der Waals surface area contributed by atoms with Crippen LogP contribution in [0.15, 0.2) is 36.4 Å². The van der Waals surface area contributed by atoms with Gasteiger partial charge < -0.3 is 9.84 Å². The van der Waals surface area contributed by atoms with Crippen molar-refractivity contribution in [1.82, 2.24) is 0 Å². The van der Waals surface area contributed by atoms with E-state index < -0.39 is 0 Å². The Morgan fingerprint density at radius 2 is 1.35 bits per heavy atom. The first kappa shape index (κ1) is 18.4. The molecule has 0 saturated carbocycles. The van der Waals surface area contributed by atoms with Gasteiger partial charge in [0.1, 0.15) is 11.5 Å². The Labute approximate surface area is 136 Å². The van der Waals surface area contributed by atoms with Crippen molar-refractivity contribution in [2.75, 3.05) is 7.11 Å². The van der Waals surface area contributed by atoms with Gasteiger partial charge in [0.05, 0.1) is 7.11 Å². The van der Waals surface area contributed by atoms with Crippen LogP contribution in [0.25, 0.3) is 0 Å². The van der Waals surface area contributed by atoms with Crippen LogP contribution in [0.2, 0.25) is 0 Å². The van der Waals surface area contributed by atoms with Crippen molar-refractivity contribution >= 4 is 11.6 Å². The van der Waals surface area contributed by atoms with Gasteiger partial charge in [-0.2, -0.15) is 0 Å². The number of Topliss-reactive ketones (excluding diaryl/α,β-unsaturated/α-hetero) is 2. The number of methoxy groups -OCH3 is 1. The van der Waals surface area contributed by atoms with Gasteiger partial charge in [-0.05, 0) is 75.2 Å². The molecule has 0 heterocycles. The largest absolute Gasteiger partial charge is 0.508 e. The second-order valence-corrected chi connectivity index (χ2v) is 5.30. The van der Waals surface area contributed by atoms with E-state index in [1.165, 1.54) is 13.0 Å². The maximum atomic E-state index is 11.0. The Bertz CT molecular complexity index is 717. The van der Waals surface area contributed by atoms with Crippen molar-refractivity contribution in [3.05, 3.63) is 58.7 Å². The molecule has 0 aliphatic carbocycles. The third-order valence-corrected chi connectivity index (χ3v) is 3.40. The molecule has 4 nitrogen and oxygen atoms in total. The summed E-state index contributed by atoms with van der Waals surface area (Å²) < 4.78 is 5.07. The topological polar surface area (TPSA) is 63.6 Å². The molecule has 23 heavy (non-hydrogen) atoms. The van der Waals surface area contributed by atoms with Crippen molar-refractivity contribution < 1.29 is 19.4 Å². The van der Waals surface area contributed by atoms with E-state index in [2.05, 4.69) is 0 Å². The van der Waals surface area contributed by atoms with E-state index in [1.54, 1.807) is 39.2 Å². The summed E-state index contributed by atoms with van der Waals surface area (Å²) in [7, 11) is 1.62. The van der Waals surface area contributed by atoms with Crippen LogP contribution in [0.4, 0.5) is 0 Å². The van der Waals surface area contributed by atoms with Gasteiger partial charge in [-0.15, -0.1) is 0 Å². The summed E-state index contributed by atoms with van der Waals surface area (Å²) in [6.45, 7) is 6.75. The highest BCUT2D eigenvalue weighted by molar-refractivity contribution is 5.94. The van der Waals surface area contributed by atoms with Gasteiger partial charge in [-0.1, -0.05) is 0 Å². The summed E-state index contributed by atoms with van der Waals surface area (Å²) in [5, 5.41) is 9.11. The molecule has 0 saturated heterocycles. The third kappa shape index (κ3) is 5.25. The first-order chi connectivity index (χ1) is 10.8. The number of phenolic OH excluding ortho intramolecular Hbond substituents is 1. The number of carbonyl (C=O) groups is 2. The maximum Gasteiger partial charge on any atom is 0.159 e. The van der Waals surface area contributed by atoms with Crippen LogP contribution in [0.3, 0.4) is 0 Å². The standard InChI is InChI=1S/C10H12O2.C9H10O2/c1-7-6-9(8(2)11)4-5-10(7)12-3;1-6-5-8(7(2)10)3-4-9(6)11/h4-6H,1-3H3;3-5,11H,1-2H3. The number of aromatic hydroxyl groups is 1. The summed E-state index contributed by atoms with van der Waals surface area (Å²) in [6.07, 6.45) is 0. The fraction of sp³-hybridized carbons (Fsp3) is 0.263. The summed E-state index contributed by atoms with van der Waals surface area (Å²) >= 11 is 0. The predicted molar refractivity (Wildman–Crippen MR) is 90.6 cm³/mol. The summed E-state index contributed by atoms with van der Waals surface area (Å²) in [5.41, 5.74) is 3.09. The third-order valence-electron chi connectivity index (χ3n) is 3.40. The molecule has 0 amide bonds. The van der Waals surface area contributed by atoms with Crippen LogP contribution < -0.4 is 4.74 Å². The molecule has 2 aromatic carbocycles. The van der Waals surface area contributed by atoms with E-state index in [-0.39, 0.29) is 17.3 Å². The van der Waals surface area contributed by atoms with E-state index in [0.717, 1.165) is 22.4 Å². The van der Waals surface area contributed by atoms with Crippen LogP contribution in [0.5, 0.6) is 11.5 Å². The van der Waals surface area contributed by atoms with Crippen LogP contribution in [-0.4, -0.2) is 23.8 Å². The highest BCUT2D eigenvalue weighted by Gasteiger charge is 2.02. The fourth-order valence-electron chi connectivity index (χ4n) is 1.97. The van der Waals surface area contributed by atoms with E-state index >= 15 is 0 Å². The van der Waals surface area contributed by atoms with Gasteiger partial charge in [-0.25, -0.2) is 0 Å². The van der Waals surface area contributed by atoms with Gasteiger partial charge in [0.15, 0.2) is 11.6 Å². The van der Waals surface area contributed by atoms with Gasteiger partial charge in [0.2, 0.25) is 0 Å². The molecule has 0 unspecified atom stereocenters. The summed E-state index contributed by atoms with van der Waals surface area (Å²) in [4.78, 5) is 21.8. The molecule has 2 aromatic rings. The normalized spacial score (nSPS) is 9.61. The molecule has 0 aliphatic heterocycles. The summed E-state index contributed by atoms with van der Waals surface area (Å²) in [5.74, 6) is 1.16.